The van der Waals surface area contributed by atoms with E-state index >= 15 is 0 Å². The lowest BCUT2D eigenvalue weighted by molar-refractivity contribution is -0.705. The fraction of sp³-hybridized carbons (Fsp3) is 0.839. The molecule has 1 heterocycles. The Morgan fingerprint density at radius 1 is 0.562 bits per heavy atom. The molecule has 32 heavy (non-hydrogen) atoms. The molecule has 0 aliphatic carbocycles. The molecule has 0 N–H and O–H groups in total. The van der Waals surface area contributed by atoms with Gasteiger partial charge in [0.2, 0.25) is 0 Å². The van der Waals surface area contributed by atoms with Crippen LogP contribution >= 0.6 is 0 Å². The molecule has 186 valence electrons. The van der Waals surface area contributed by atoms with E-state index in [2.05, 4.69) is 49.7 Å². The molecule has 0 saturated carbocycles. The lowest BCUT2D eigenvalue weighted by Crippen LogP contribution is -2.38. The molecule has 1 unspecified atom stereocenters. The number of hydrogen-bond acceptors (Lipinski definition) is 0. The molecule has 1 aromatic rings. The molecule has 1 atom stereocenters. The van der Waals surface area contributed by atoms with Gasteiger partial charge in [0.25, 0.3) is 0 Å². The summed E-state index contributed by atoms with van der Waals surface area (Å²) in [5.74, 6) is 0.689. The van der Waals surface area contributed by atoms with Gasteiger partial charge < -0.3 is 0 Å². The third kappa shape index (κ3) is 15.9. The van der Waals surface area contributed by atoms with Crippen molar-refractivity contribution in [3.63, 3.8) is 0 Å². The van der Waals surface area contributed by atoms with Crippen molar-refractivity contribution in [3.8, 4) is 0 Å². The smallest absolute Gasteiger partial charge is 0.184 e. The monoisotopic (exact) mass is 444 g/mol. The minimum absolute atomic E-state index is 0.689. The number of aryl methyl sites for hydroxylation is 1. The van der Waals surface area contributed by atoms with Crippen LogP contribution in [0.3, 0.4) is 0 Å². The van der Waals surface area contributed by atoms with Crippen LogP contribution in [0.4, 0.5) is 0 Å². The van der Waals surface area contributed by atoms with Crippen LogP contribution < -0.4 is 4.57 Å². The molecule has 1 rings (SSSR count). The summed E-state index contributed by atoms with van der Waals surface area (Å²) in [5.41, 5.74) is 1.55. The van der Waals surface area contributed by atoms with Gasteiger partial charge in [-0.3, -0.25) is 0 Å². The van der Waals surface area contributed by atoms with E-state index in [9.17, 15) is 0 Å². The van der Waals surface area contributed by atoms with E-state index in [0.29, 0.717) is 5.92 Å². The van der Waals surface area contributed by atoms with Crippen LogP contribution in [0.2, 0.25) is 0 Å². The van der Waals surface area contributed by atoms with Crippen molar-refractivity contribution in [3.05, 3.63) is 30.1 Å². The first-order chi connectivity index (χ1) is 15.8. The van der Waals surface area contributed by atoms with Crippen molar-refractivity contribution in [2.45, 2.75) is 168 Å². The lowest BCUT2D eigenvalue weighted by atomic mass is 9.97. The van der Waals surface area contributed by atoms with Crippen molar-refractivity contribution in [2.24, 2.45) is 0 Å². The first-order valence-corrected chi connectivity index (χ1v) is 14.8. The average Bonchev–Trinajstić information content (AvgIpc) is 2.81. The Hall–Kier alpha value is -0.850. The second-order valence-corrected chi connectivity index (χ2v) is 10.4. The molecule has 1 aromatic heterocycles. The Morgan fingerprint density at radius 2 is 1.00 bits per heavy atom. The zero-order chi connectivity index (χ0) is 23.1. The molecule has 0 saturated heterocycles. The molecular formula is C31H58N+. The largest absolute Gasteiger partial charge is 0.202 e. The van der Waals surface area contributed by atoms with Gasteiger partial charge in [0.1, 0.15) is 6.54 Å². The standard InChI is InChI=1S/C31H58N/c1-4-6-8-10-12-13-14-15-16-17-18-19-20-22-26-30(3)31-27-23-25-29-32(31)28-24-21-11-9-7-5-2/h23,25,27,29-30H,4-22,24,26,28H2,1-3H3/q+1. The third-order valence-corrected chi connectivity index (χ3v) is 7.22. The first-order valence-electron chi connectivity index (χ1n) is 14.8. The molecule has 0 aromatic carbocycles. The van der Waals surface area contributed by atoms with E-state index < -0.39 is 0 Å². The van der Waals surface area contributed by atoms with Gasteiger partial charge in [-0.2, -0.15) is 0 Å². The Bertz CT molecular complexity index is 509. The van der Waals surface area contributed by atoms with Gasteiger partial charge in [-0.15, -0.1) is 0 Å². The maximum absolute atomic E-state index is 2.54. The SMILES string of the molecule is CCCCCCCCCCCCCCCCC(C)c1cccc[n+]1CCCCCCCC. The molecular weight excluding hydrogens is 386 g/mol. The van der Waals surface area contributed by atoms with Crippen LogP contribution in [0, 0.1) is 0 Å². The molecule has 0 radical (unpaired) electrons. The summed E-state index contributed by atoms with van der Waals surface area (Å²) >= 11 is 0. The molecule has 0 bridgehead atoms. The summed E-state index contributed by atoms with van der Waals surface area (Å²) < 4.78 is 2.54. The normalized spacial score (nSPS) is 12.3. The molecule has 1 nitrogen and oxygen atoms in total. The van der Waals surface area contributed by atoms with Gasteiger partial charge in [-0.05, 0) is 12.8 Å². The fourth-order valence-electron chi connectivity index (χ4n) is 5.00. The summed E-state index contributed by atoms with van der Waals surface area (Å²) in [4.78, 5) is 0. The predicted molar refractivity (Wildman–Crippen MR) is 143 cm³/mol. The number of nitrogens with zero attached hydrogens (tertiary/aromatic N) is 1. The van der Waals surface area contributed by atoms with Crippen LogP contribution in [-0.2, 0) is 6.54 Å². The van der Waals surface area contributed by atoms with Crippen LogP contribution in [0.5, 0.6) is 0 Å². The van der Waals surface area contributed by atoms with Crippen LogP contribution in [0.25, 0.3) is 0 Å². The first kappa shape index (κ1) is 29.2. The van der Waals surface area contributed by atoms with Crippen LogP contribution in [-0.4, -0.2) is 0 Å². The highest BCUT2D eigenvalue weighted by Gasteiger charge is 2.16. The molecule has 0 aliphatic rings. The Kier molecular flexibility index (Phi) is 20.0. The van der Waals surface area contributed by atoms with E-state index in [1.54, 1.807) is 5.69 Å². The van der Waals surface area contributed by atoms with Crippen molar-refractivity contribution in [1.82, 2.24) is 0 Å². The van der Waals surface area contributed by atoms with Crippen molar-refractivity contribution < 1.29 is 4.57 Å². The van der Waals surface area contributed by atoms with Crippen molar-refractivity contribution >= 4 is 0 Å². The minimum atomic E-state index is 0.689. The second-order valence-electron chi connectivity index (χ2n) is 10.4. The van der Waals surface area contributed by atoms with Gasteiger partial charge in [0, 0.05) is 24.5 Å². The van der Waals surface area contributed by atoms with E-state index in [1.807, 2.05) is 0 Å². The number of hydrogen-bond donors (Lipinski definition) is 0. The number of pyridine rings is 1. The summed E-state index contributed by atoms with van der Waals surface area (Å²) in [7, 11) is 0. The molecule has 0 spiro atoms. The summed E-state index contributed by atoms with van der Waals surface area (Å²) in [5, 5.41) is 0. The topological polar surface area (TPSA) is 3.88 Å². The quantitative estimate of drug-likeness (QED) is 0.117. The Labute approximate surface area is 202 Å². The number of aromatic nitrogens is 1. The van der Waals surface area contributed by atoms with Gasteiger partial charge in [-0.25, -0.2) is 4.57 Å². The van der Waals surface area contributed by atoms with Gasteiger partial charge >= 0.3 is 0 Å². The van der Waals surface area contributed by atoms with Crippen LogP contribution in [0.1, 0.15) is 167 Å². The Balaban J connectivity index is 2.03. The summed E-state index contributed by atoms with van der Waals surface area (Å²) in [6.45, 7) is 8.24. The summed E-state index contributed by atoms with van der Waals surface area (Å²) in [6, 6.07) is 6.81. The van der Waals surface area contributed by atoms with Crippen molar-refractivity contribution in [1.29, 1.82) is 0 Å². The van der Waals surface area contributed by atoms with Crippen LogP contribution in [0.15, 0.2) is 24.4 Å². The zero-order valence-corrected chi connectivity index (χ0v) is 22.4. The molecule has 0 amide bonds. The maximum Gasteiger partial charge on any atom is 0.184 e. The second kappa shape index (κ2) is 22.0. The predicted octanol–water partition coefficient (Wildman–Crippen LogP) is 10.3. The lowest BCUT2D eigenvalue weighted by Gasteiger charge is -2.11. The summed E-state index contributed by atoms with van der Waals surface area (Å²) in [6.07, 6.45) is 32.2. The number of rotatable bonds is 23. The van der Waals surface area contributed by atoms with Gasteiger partial charge in [-0.1, -0.05) is 142 Å². The van der Waals surface area contributed by atoms with Gasteiger partial charge in [0.15, 0.2) is 11.9 Å². The highest BCUT2D eigenvalue weighted by Crippen LogP contribution is 2.20. The van der Waals surface area contributed by atoms with E-state index in [0.717, 1.165) is 0 Å². The van der Waals surface area contributed by atoms with E-state index in [4.69, 9.17) is 0 Å². The fourth-order valence-corrected chi connectivity index (χ4v) is 5.00. The highest BCUT2D eigenvalue weighted by atomic mass is 15.0. The maximum atomic E-state index is 2.54. The zero-order valence-electron chi connectivity index (χ0n) is 22.4. The molecule has 0 aliphatic heterocycles. The highest BCUT2D eigenvalue weighted by molar-refractivity contribution is 5.02. The average molecular weight is 445 g/mol. The molecule has 0 fully saturated rings. The third-order valence-electron chi connectivity index (χ3n) is 7.22. The molecule has 1 heteroatoms. The number of unbranched alkanes of at least 4 members (excludes halogenated alkanes) is 18. The van der Waals surface area contributed by atoms with E-state index in [-0.39, 0.29) is 0 Å². The Morgan fingerprint density at radius 3 is 1.50 bits per heavy atom. The van der Waals surface area contributed by atoms with Crippen molar-refractivity contribution in [2.75, 3.05) is 0 Å². The van der Waals surface area contributed by atoms with E-state index in [1.165, 1.54) is 141 Å². The minimum Gasteiger partial charge on any atom is -0.202 e. The van der Waals surface area contributed by atoms with Gasteiger partial charge in [0.05, 0.1) is 0 Å².